The SMILES string of the molecule is CCCCCCCC/C=C/C/C=C/C=C/C(O)CCCC(=O)OC[C@H](COP(=O)(O)OP(=O)(O)OC[C@H]1O[C@@H](n2ccc(N)nc2=O)[C@H](O)[C@@H]1O)OC(=O)CCCCCCCCCCCCCCC(C)C. The number of carbonyl (C=O) groups is 2. The van der Waals surface area contributed by atoms with E-state index in [1.54, 1.807) is 12.2 Å². The molecule has 1 aliphatic rings. The quantitative estimate of drug-likeness (QED) is 0.0117. The number of aromatic nitrogens is 2. The zero-order valence-electron chi connectivity index (χ0n) is 42.6. The molecular weight excluding hydrogens is 961 g/mol. The first-order valence-corrected chi connectivity index (χ1v) is 29.0. The maximum atomic E-state index is 12.9. The third-order valence-electron chi connectivity index (χ3n) is 11.8. The summed E-state index contributed by atoms with van der Waals surface area (Å²) in [7, 11) is -10.9. The lowest BCUT2D eigenvalue weighted by atomic mass is 10.0. The number of nitrogen functional groups attached to an aromatic ring is 1. The van der Waals surface area contributed by atoms with Crippen LogP contribution in [0.4, 0.5) is 5.82 Å². The van der Waals surface area contributed by atoms with Crippen molar-refractivity contribution in [1.82, 2.24) is 9.55 Å². The van der Waals surface area contributed by atoms with Crippen molar-refractivity contribution >= 4 is 33.4 Å². The van der Waals surface area contributed by atoms with E-state index >= 15 is 0 Å². The van der Waals surface area contributed by atoms with Gasteiger partial charge in [-0.05, 0) is 50.5 Å². The van der Waals surface area contributed by atoms with Crippen molar-refractivity contribution in [2.24, 2.45) is 5.92 Å². The molecule has 1 aromatic rings. The highest BCUT2D eigenvalue weighted by molar-refractivity contribution is 7.61. The molecular formula is C50H87N3O16P2. The van der Waals surface area contributed by atoms with E-state index in [4.69, 9.17) is 29.0 Å². The van der Waals surface area contributed by atoms with Crippen LogP contribution in [-0.2, 0) is 46.3 Å². The fourth-order valence-corrected chi connectivity index (χ4v) is 9.79. The maximum Gasteiger partial charge on any atom is 0.481 e. The molecule has 0 aromatic carbocycles. The van der Waals surface area contributed by atoms with Gasteiger partial charge in [0.2, 0.25) is 0 Å². The number of allylic oxidation sites excluding steroid dienone is 5. The Kier molecular flexibility index (Phi) is 34.0. The molecule has 2 rings (SSSR count). The Morgan fingerprint density at radius 3 is 2.03 bits per heavy atom. The Balaban J connectivity index is 1.84. The fourth-order valence-electron chi connectivity index (χ4n) is 7.68. The fraction of sp³-hybridized carbons (Fsp3) is 0.760. The van der Waals surface area contributed by atoms with E-state index in [1.807, 2.05) is 12.2 Å². The van der Waals surface area contributed by atoms with Crippen LogP contribution in [0.1, 0.15) is 188 Å². The predicted octanol–water partition coefficient (Wildman–Crippen LogP) is 9.61. The highest BCUT2D eigenvalue weighted by Crippen LogP contribution is 2.60. The summed E-state index contributed by atoms with van der Waals surface area (Å²) in [5.41, 5.74) is 4.58. The normalized spacial score (nSPS) is 20.0. The first-order chi connectivity index (χ1) is 33.9. The summed E-state index contributed by atoms with van der Waals surface area (Å²) in [6, 6.07) is 1.24. The summed E-state index contributed by atoms with van der Waals surface area (Å²) in [6.07, 6.45) is 28.3. The van der Waals surface area contributed by atoms with Gasteiger partial charge < -0.3 is 45.1 Å². The maximum absolute atomic E-state index is 12.9. The summed E-state index contributed by atoms with van der Waals surface area (Å²) >= 11 is 0. The molecule has 1 fully saturated rings. The first kappa shape index (κ1) is 64.1. The van der Waals surface area contributed by atoms with Crippen molar-refractivity contribution < 1.29 is 71.4 Å². The second-order valence-corrected chi connectivity index (χ2v) is 21.7. The molecule has 21 heteroatoms. The zero-order valence-corrected chi connectivity index (χ0v) is 44.3. The Bertz CT molecular complexity index is 1860. The number of hydrogen-bond acceptors (Lipinski definition) is 16. The number of nitrogens with two attached hydrogens (primary N) is 1. The van der Waals surface area contributed by atoms with E-state index in [0.717, 1.165) is 55.2 Å². The highest BCUT2D eigenvalue weighted by atomic mass is 31.3. The number of carbonyl (C=O) groups excluding carboxylic acids is 2. The lowest BCUT2D eigenvalue weighted by Crippen LogP contribution is -2.36. The largest absolute Gasteiger partial charge is 0.481 e. The summed E-state index contributed by atoms with van der Waals surface area (Å²) < 4.78 is 56.6. The second kappa shape index (κ2) is 37.6. The number of phosphoric acid groups is 2. The van der Waals surface area contributed by atoms with Crippen LogP contribution in [0.3, 0.4) is 0 Å². The van der Waals surface area contributed by atoms with E-state index in [-0.39, 0.29) is 31.5 Å². The zero-order chi connectivity index (χ0) is 52.3. The Labute approximate surface area is 421 Å². The smallest absolute Gasteiger partial charge is 0.462 e. The number of aliphatic hydroxyl groups excluding tert-OH is 3. The highest BCUT2D eigenvalue weighted by Gasteiger charge is 2.46. The van der Waals surface area contributed by atoms with Crippen molar-refractivity contribution in [2.45, 2.75) is 218 Å². The molecule has 8 atom stereocenters. The van der Waals surface area contributed by atoms with E-state index in [9.17, 15) is 48.6 Å². The van der Waals surface area contributed by atoms with Crippen LogP contribution < -0.4 is 11.4 Å². The van der Waals surface area contributed by atoms with Crippen molar-refractivity contribution in [1.29, 1.82) is 0 Å². The van der Waals surface area contributed by atoms with Gasteiger partial charge in [0.15, 0.2) is 12.3 Å². The van der Waals surface area contributed by atoms with Gasteiger partial charge in [0.05, 0.1) is 19.3 Å². The summed E-state index contributed by atoms with van der Waals surface area (Å²) in [5.74, 6) is -0.733. The number of nitrogens with zero attached hydrogens (tertiary/aromatic N) is 2. The van der Waals surface area contributed by atoms with Gasteiger partial charge in [-0.25, -0.2) is 13.9 Å². The second-order valence-electron chi connectivity index (χ2n) is 18.7. The van der Waals surface area contributed by atoms with Gasteiger partial charge in [-0.3, -0.25) is 23.2 Å². The third-order valence-corrected chi connectivity index (χ3v) is 14.4. The molecule has 0 bridgehead atoms. The van der Waals surface area contributed by atoms with Crippen molar-refractivity contribution in [2.75, 3.05) is 25.6 Å². The topological polar surface area (TPSA) is 286 Å². The number of ether oxygens (including phenoxy) is 3. The number of anilines is 1. The van der Waals surface area contributed by atoms with Crippen LogP contribution in [0.5, 0.6) is 0 Å². The van der Waals surface area contributed by atoms with Gasteiger partial charge in [0.25, 0.3) is 0 Å². The molecule has 1 aromatic heterocycles. The van der Waals surface area contributed by atoms with Crippen LogP contribution in [-0.4, -0.2) is 96.9 Å². The van der Waals surface area contributed by atoms with Gasteiger partial charge in [-0.2, -0.15) is 9.29 Å². The van der Waals surface area contributed by atoms with Crippen LogP contribution in [0, 0.1) is 5.92 Å². The molecule has 3 unspecified atom stereocenters. The van der Waals surface area contributed by atoms with Crippen LogP contribution in [0.15, 0.2) is 53.5 Å². The van der Waals surface area contributed by atoms with E-state index in [1.165, 1.54) is 96.0 Å². The Hall–Kier alpha value is -3.06. The first-order valence-electron chi connectivity index (χ1n) is 26.0. The van der Waals surface area contributed by atoms with E-state index in [2.05, 4.69) is 42.2 Å². The molecule has 408 valence electrons. The average Bonchev–Trinajstić information content (AvgIpc) is 3.59. The molecule has 1 saturated heterocycles. The minimum Gasteiger partial charge on any atom is -0.462 e. The molecule has 0 saturated carbocycles. The van der Waals surface area contributed by atoms with Crippen LogP contribution in [0.2, 0.25) is 0 Å². The summed E-state index contributed by atoms with van der Waals surface area (Å²) in [5, 5.41) is 31.3. The lowest BCUT2D eigenvalue weighted by Gasteiger charge is -2.21. The van der Waals surface area contributed by atoms with Gasteiger partial charge in [-0.1, -0.05) is 166 Å². The minimum absolute atomic E-state index is 0.0128. The molecule has 7 N–H and O–H groups in total. The number of phosphoric ester groups is 2. The van der Waals surface area contributed by atoms with Crippen molar-refractivity contribution in [3.8, 4) is 0 Å². The number of unbranched alkanes of at least 4 members (excludes halogenated alkanes) is 17. The van der Waals surface area contributed by atoms with Gasteiger partial charge in [-0.15, -0.1) is 0 Å². The predicted molar refractivity (Wildman–Crippen MR) is 272 cm³/mol. The van der Waals surface area contributed by atoms with E-state index in [0.29, 0.717) is 6.42 Å². The van der Waals surface area contributed by atoms with Crippen LogP contribution in [0.25, 0.3) is 0 Å². The number of hydrogen-bond donors (Lipinski definition) is 6. The Morgan fingerprint density at radius 1 is 0.775 bits per heavy atom. The monoisotopic (exact) mass is 1050 g/mol. The summed E-state index contributed by atoms with van der Waals surface area (Å²) in [6.45, 7) is 4.27. The number of rotatable bonds is 42. The molecule has 0 aliphatic carbocycles. The van der Waals surface area contributed by atoms with E-state index < -0.39 is 89.8 Å². The van der Waals surface area contributed by atoms with Gasteiger partial charge in [0, 0.05) is 19.0 Å². The standard InChI is InChI=1S/C50H87N3O16P2/c1-4-5-6-7-8-9-10-11-15-18-21-24-27-31-41(54)32-29-34-45(55)64-37-42(67-46(56)33-28-25-22-19-16-13-12-14-17-20-23-26-30-40(2)3)38-65-70(60,61)69-71(62,63)66-39-43-47(57)48(58)49(68-43)53-36-35-44(51)52-50(53)59/h11,15,21,24,27,31,35-36,40-43,47-49,54,57-58H,4-10,12-14,16-20,22-23,25-26,28-30,32-34,37-39H2,1-3H3,(H,60,61)(H,62,63)(H2,51,52,59)/b15-11+,24-21+,31-27+/t41?,42-,43-,47-,48-,49-/m1/s1. The molecule has 19 nitrogen and oxygen atoms in total. The molecule has 0 radical (unpaired) electrons. The molecule has 0 spiro atoms. The van der Waals surface area contributed by atoms with Crippen molar-refractivity contribution in [3.63, 3.8) is 0 Å². The lowest BCUT2D eigenvalue weighted by molar-refractivity contribution is -0.161. The van der Waals surface area contributed by atoms with Crippen LogP contribution >= 0.6 is 15.6 Å². The Morgan fingerprint density at radius 2 is 1.38 bits per heavy atom. The molecule has 1 aliphatic heterocycles. The van der Waals surface area contributed by atoms with Gasteiger partial charge >= 0.3 is 33.3 Å². The molecule has 0 amide bonds. The third kappa shape index (κ3) is 31.3. The average molecular weight is 1050 g/mol. The van der Waals surface area contributed by atoms with Gasteiger partial charge in [0.1, 0.15) is 30.7 Å². The molecule has 2 heterocycles. The number of aliphatic hydroxyl groups is 3. The molecule has 71 heavy (non-hydrogen) atoms. The summed E-state index contributed by atoms with van der Waals surface area (Å²) in [4.78, 5) is 61.9. The number of esters is 2. The minimum atomic E-state index is -5.46. The van der Waals surface area contributed by atoms with Crippen molar-refractivity contribution in [3.05, 3.63) is 59.2 Å².